The molecule has 2 rings (SSSR count). The molecule has 1 N–H and O–H groups in total. The van der Waals surface area contributed by atoms with Crippen LogP contribution in [0.15, 0.2) is 35.3 Å². The van der Waals surface area contributed by atoms with Crippen molar-refractivity contribution in [3.63, 3.8) is 0 Å². The third-order valence-corrected chi connectivity index (χ3v) is 2.57. The minimum Gasteiger partial charge on any atom is -0.497 e. The fourth-order valence-electron chi connectivity index (χ4n) is 1.55. The van der Waals surface area contributed by atoms with Crippen molar-refractivity contribution in [3.05, 3.63) is 46.4 Å². The number of nitrogens with one attached hydrogen (secondary N) is 1. The third kappa shape index (κ3) is 2.62. The van der Waals surface area contributed by atoms with Gasteiger partial charge in [0.1, 0.15) is 17.1 Å². The van der Waals surface area contributed by atoms with Gasteiger partial charge in [-0.3, -0.25) is 4.79 Å². The van der Waals surface area contributed by atoms with E-state index in [1.54, 1.807) is 31.4 Å². The molecule has 0 saturated carbocycles. The van der Waals surface area contributed by atoms with Crippen LogP contribution < -0.4 is 10.3 Å². The molecule has 6 heteroatoms. The second kappa shape index (κ2) is 5.34. The first-order valence-corrected chi connectivity index (χ1v) is 5.47. The molecular formula is C13H12N2O4. The Bertz CT molecular complexity index is 646. The van der Waals surface area contributed by atoms with Crippen molar-refractivity contribution in [1.29, 1.82) is 0 Å². The van der Waals surface area contributed by atoms with E-state index in [2.05, 4.69) is 14.7 Å². The Morgan fingerprint density at radius 2 is 1.89 bits per heavy atom. The zero-order chi connectivity index (χ0) is 13.8. The normalized spacial score (nSPS) is 10.0. The van der Waals surface area contributed by atoms with Gasteiger partial charge in [-0.25, -0.2) is 9.78 Å². The molecule has 0 aliphatic rings. The zero-order valence-electron chi connectivity index (χ0n) is 10.5. The van der Waals surface area contributed by atoms with Gasteiger partial charge in [0.15, 0.2) is 0 Å². The van der Waals surface area contributed by atoms with Crippen molar-refractivity contribution in [1.82, 2.24) is 9.97 Å². The monoisotopic (exact) mass is 260 g/mol. The molecule has 0 bridgehead atoms. The largest absolute Gasteiger partial charge is 0.497 e. The van der Waals surface area contributed by atoms with E-state index < -0.39 is 11.5 Å². The summed E-state index contributed by atoms with van der Waals surface area (Å²) >= 11 is 0. The Morgan fingerprint density at radius 3 is 2.42 bits per heavy atom. The summed E-state index contributed by atoms with van der Waals surface area (Å²) in [6.07, 6.45) is 1.20. The van der Waals surface area contributed by atoms with Crippen LogP contribution in [0.25, 0.3) is 11.4 Å². The summed E-state index contributed by atoms with van der Waals surface area (Å²) in [6.45, 7) is 0. The van der Waals surface area contributed by atoms with Crippen molar-refractivity contribution in [2.24, 2.45) is 0 Å². The van der Waals surface area contributed by atoms with E-state index in [1.165, 1.54) is 13.3 Å². The third-order valence-electron chi connectivity index (χ3n) is 2.57. The standard InChI is InChI=1S/C13H12N2O4/c1-18-9-5-3-8(4-6-9)11-14-7-10(12(16)15-11)13(17)19-2/h3-7H,1-2H3,(H,14,15,16). The second-order valence-corrected chi connectivity index (χ2v) is 3.69. The van der Waals surface area contributed by atoms with Crippen LogP contribution in [0.3, 0.4) is 0 Å². The van der Waals surface area contributed by atoms with E-state index in [0.717, 1.165) is 0 Å². The van der Waals surface area contributed by atoms with Crippen molar-refractivity contribution < 1.29 is 14.3 Å². The molecule has 19 heavy (non-hydrogen) atoms. The van der Waals surface area contributed by atoms with Crippen LogP contribution in [0.5, 0.6) is 5.75 Å². The molecular weight excluding hydrogens is 248 g/mol. The number of carbonyl (C=O) groups excluding carboxylic acids is 1. The van der Waals surface area contributed by atoms with Gasteiger partial charge in [-0.1, -0.05) is 0 Å². The summed E-state index contributed by atoms with van der Waals surface area (Å²) in [6, 6.07) is 7.02. The molecule has 98 valence electrons. The number of benzene rings is 1. The minimum absolute atomic E-state index is 0.125. The molecule has 0 fully saturated rings. The lowest BCUT2D eigenvalue weighted by Gasteiger charge is -2.04. The number of carbonyl (C=O) groups is 1. The Balaban J connectivity index is 2.38. The minimum atomic E-state index is -0.713. The van der Waals surface area contributed by atoms with E-state index in [-0.39, 0.29) is 5.56 Å². The fraction of sp³-hybridized carbons (Fsp3) is 0.154. The van der Waals surface area contributed by atoms with E-state index in [4.69, 9.17) is 4.74 Å². The lowest BCUT2D eigenvalue weighted by molar-refractivity contribution is 0.0598. The summed E-state index contributed by atoms with van der Waals surface area (Å²) in [4.78, 5) is 29.6. The summed E-state index contributed by atoms with van der Waals surface area (Å²) in [5, 5.41) is 0. The molecule has 0 radical (unpaired) electrons. The van der Waals surface area contributed by atoms with E-state index >= 15 is 0 Å². The van der Waals surface area contributed by atoms with Crippen LogP contribution in [0.2, 0.25) is 0 Å². The van der Waals surface area contributed by atoms with E-state index in [0.29, 0.717) is 17.1 Å². The van der Waals surface area contributed by atoms with Crippen LogP contribution in [0.1, 0.15) is 10.4 Å². The zero-order valence-corrected chi connectivity index (χ0v) is 10.5. The maximum Gasteiger partial charge on any atom is 0.345 e. The smallest absolute Gasteiger partial charge is 0.345 e. The maximum absolute atomic E-state index is 11.7. The SMILES string of the molecule is COC(=O)c1cnc(-c2ccc(OC)cc2)[nH]c1=O. The number of methoxy groups -OCH3 is 2. The van der Waals surface area contributed by atoms with Crippen LogP contribution >= 0.6 is 0 Å². The Kier molecular flexibility index (Phi) is 3.61. The Hall–Kier alpha value is -2.63. The first kappa shape index (κ1) is 12.8. The van der Waals surface area contributed by atoms with Crippen molar-refractivity contribution in [2.45, 2.75) is 0 Å². The molecule has 1 aromatic carbocycles. The highest BCUT2D eigenvalue weighted by Crippen LogP contribution is 2.18. The van der Waals surface area contributed by atoms with E-state index in [1.807, 2.05) is 0 Å². The summed E-state index contributed by atoms with van der Waals surface area (Å²) in [5.74, 6) is 0.368. The first-order chi connectivity index (χ1) is 9.15. The van der Waals surface area contributed by atoms with Gasteiger partial charge in [0, 0.05) is 11.8 Å². The van der Waals surface area contributed by atoms with Crippen LogP contribution in [0.4, 0.5) is 0 Å². The molecule has 0 atom stereocenters. The molecule has 1 aromatic heterocycles. The van der Waals surface area contributed by atoms with Gasteiger partial charge in [-0.2, -0.15) is 0 Å². The number of hydrogen-bond donors (Lipinski definition) is 1. The van der Waals surface area contributed by atoms with Gasteiger partial charge in [0.2, 0.25) is 0 Å². The number of ether oxygens (including phenoxy) is 2. The molecule has 0 aliphatic carbocycles. The van der Waals surface area contributed by atoms with Crippen molar-refractivity contribution in [2.75, 3.05) is 14.2 Å². The number of esters is 1. The predicted octanol–water partition coefficient (Wildman–Crippen LogP) is 1.23. The number of hydrogen-bond acceptors (Lipinski definition) is 5. The van der Waals surface area contributed by atoms with Crippen LogP contribution in [-0.2, 0) is 4.74 Å². The maximum atomic E-state index is 11.7. The highest BCUT2D eigenvalue weighted by Gasteiger charge is 2.12. The van der Waals surface area contributed by atoms with Crippen LogP contribution in [-0.4, -0.2) is 30.2 Å². The number of nitrogens with zero attached hydrogens (tertiary/aromatic N) is 1. The highest BCUT2D eigenvalue weighted by atomic mass is 16.5. The lowest BCUT2D eigenvalue weighted by atomic mass is 10.2. The average Bonchev–Trinajstić information content (AvgIpc) is 2.46. The molecule has 0 unspecified atom stereocenters. The van der Waals surface area contributed by atoms with Crippen LogP contribution in [0, 0.1) is 0 Å². The van der Waals surface area contributed by atoms with Crippen molar-refractivity contribution in [3.8, 4) is 17.1 Å². The van der Waals surface area contributed by atoms with Gasteiger partial charge in [0.05, 0.1) is 14.2 Å². The fourth-order valence-corrected chi connectivity index (χ4v) is 1.55. The summed E-state index contributed by atoms with van der Waals surface area (Å²) in [7, 11) is 2.78. The molecule has 0 spiro atoms. The van der Waals surface area contributed by atoms with Gasteiger partial charge < -0.3 is 14.5 Å². The molecule has 2 aromatic rings. The van der Waals surface area contributed by atoms with Crippen molar-refractivity contribution >= 4 is 5.97 Å². The topological polar surface area (TPSA) is 81.3 Å². The number of H-pyrrole nitrogens is 1. The highest BCUT2D eigenvalue weighted by molar-refractivity contribution is 5.88. The lowest BCUT2D eigenvalue weighted by Crippen LogP contribution is -2.20. The molecule has 1 heterocycles. The van der Waals surface area contributed by atoms with Gasteiger partial charge >= 0.3 is 5.97 Å². The molecule has 0 amide bonds. The second-order valence-electron chi connectivity index (χ2n) is 3.69. The Morgan fingerprint density at radius 1 is 1.21 bits per heavy atom. The van der Waals surface area contributed by atoms with Gasteiger partial charge in [0.25, 0.3) is 5.56 Å². The molecule has 0 aliphatic heterocycles. The molecule has 0 saturated heterocycles. The average molecular weight is 260 g/mol. The number of rotatable bonds is 3. The first-order valence-electron chi connectivity index (χ1n) is 5.47. The summed E-state index contributed by atoms with van der Waals surface area (Å²) < 4.78 is 9.52. The summed E-state index contributed by atoms with van der Waals surface area (Å²) in [5.41, 5.74) is 0.0572. The van der Waals surface area contributed by atoms with Gasteiger partial charge in [-0.15, -0.1) is 0 Å². The number of aromatic nitrogens is 2. The number of aromatic amines is 1. The quantitative estimate of drug-likeness (QED) is 0.839. The van der Waals surface area contributed by atoms with E-state index in [9.17, 15) is 9.59 Å². The molecule has 6 nitrogen and oxygen atoms in total. The van der Waals surface area contributed by atoms with Gasteiger partial charge in [-0.05, 0) is 24.3 Å². The Labute approximate surface area is 109 Å². The predicted molar refractivity (Wildman–Crippen MR) is 68.2 cm³/mol.